The third kappa shape index (κ3) is 4.86. The van der Waals surface area contributed by atoms with Crippen LogP contribution in [0.5, 0.6) is 0 Å². The number of benzene rings is 2. The molecular weight excluding hydrogens is 396 g/mol. The number of nitrogens with zero attached hydrogens (tertiary/aromatic N) is 1. The second-order valence-corrected chi connectivity index (χ2v) is 8.90. The lowest BCUT2D eigenvalue weighted by molar-refractivity contribution is 0.0390. The van der Waals surface area contributed by atoms with E-state index in [4.69, 9.17) is 11.6 Å². The monoisotopic (exact) mass is 424 g/mol. The molecule has 2 aromatic carbocycles. The molecule has 2 amide bonds. The number of carbonyl (C=O) groups excluding carboxylic acids is 2. The molecule has 30 heavy (non-hydrogen) atoms. The second kappa shape index (κ2) is 9.65. The lowest BCUT2D eigenvalue weighted by Crippen LogP contribution is -2.49. The predicted octanol–water partition coefficient (Wildman–Crippen LogP) is 5.11. The first kappa shape index (κ1) is 20.9. The first-order valence-electron chi connectivity index (χ1n) is 11.1. The van der Waals surface area contributed by atoms with Gasteiger partial charge >= 0.3 is 0 Å². The Morgan fingerprint density at radius 1 is 0.900 bits per heavy atom. The van der Waals surface area contributed by atoms with Gasteiger partial charge in [0.2, 0.25) is 0 Å². The Morgan fingerprint density at radius 3 is 2.33 bits per heavy atom. The minimum atomic E-state index is -0.117. The molecule has 1 heterocycles. The van der Waals surface area contributed by atoms with Crippen LogP contribution in [-0.2, 0) is 6.42 Å². The van der Waals surface area contributed by atoms with Crippen molar-refractivity contribution in [3.63, 3.8) is 0 Å². The van der Waals surface area contributed by atoms with Crippen LogP contribution in [0.3, 0.4) is 0 Å². The molecule has 1 saturated carbocycles. The average Bonchev–Trinajstić information content (AvgIpc) is 2.79. The van der Waals surface area contributed by atoms with Crippen molar-refractivity contribution in [1.29, 1.82) is 0 Å². The minimum Gasteiger partial charge on any atom is -0.352 e. The van der Waals surface area contributed by atoms with Gasteiger partial charge in [0, 0.05) is 35.3 Å². The van der Waals surface area contributed by atoms with Crippen LogP contribution in [0, 0.1) is 5.92 Å². The normalized spacial score (nSPS) is 21.0. The highest BCUT2D eigenvalue weighted by Crippen LogP contribution is 2.35. The first-order chi connectivity index (χ1) is 14.6. The van der Waals surface area contributed by atoms with E-state index in [2.05, 4.69) is 10.2 Å². The number of rotatable bonds is 5. The van der Waals surface area contributed by atoms with E-state index in [-0.39, 0.29) is 11.8 Å². The highest BCUT2D eigenvalue weighted by Gasteiger charge is 2.35. The quantitative estimate of drug-likeness (QED) is 0.725. The molecule has 1 saturated heterocycles. The molecule has 158 valence electrons. The van der Waals surface area contributed by atoms with Crippen molar-refractivity contribution in [3.8, 4) is 0 Å². The molecule has 2 aliphatic rings. The highest BCUT2D eigenvalue weighted by molar-refractivity contribution is 6.30. The SMILES string of the molecule is O=C(NCCc1ccc(Cl)cc1)c1ccc(C(=O)N2CCCC3CCCCC32)cc1. The Bertz CT molecular complexity index is 877. The van der Waals surface area contributed by atoms with Gasteiger partial charge in [-0.15, -0.1) is 0 Å². The predicted molar refractivity (Wildman–Crippen MR) is 120 cm³/mol. The Kier molecular flexibility index (Phi) is 6.73. The molecule has 4 rings (SSSR count). The van der Waals surface area contributed by atoms with Crippen molar-refractivity contribution in [2.75, 3.05) is 13.1 Å². The van der Waals surface area contributed by atoms with Gasteiger partial charge in [0.05, 0.1) is 0 Å². The van der Waals surface area contributed by atoms with E-state index < -0.39 is 0 Å². The van der Waals surface area contributed by atoms with Gasteiger partial charge in [-0.05, 0) is 80.0 Å². The zero-order valence-electron chi connectivity index (χ0n) is 17.3. The third-order valence-electron chi connectivity index (χ3n) is 6.51. The minimum absolute atomic E-state index is 0.112. The summed E-state index contributed by atoms with van der Waals surface area (Å²) < 4.78 is 0. The van der Waals surface area contributed by atoms with E-state index in [1.165, 1.54) is 25.7 Å². The van der Waals surface area contributed by atoms with Crippen LogP contribution < -0.4 is 5.32 Å². The average molecular weight is 425 g/mol. The maximum absolute atomic E-state index is 13.1. The van der Waals surface area contributed by atoms with E-state index in [0.29, 0.717) is 34.7 Å². The molecule has 2 aromatic rings. The molecule has 5 heteroatoms. The number of hydrogen-bond acceptors (Lipinski definition) is 2. The van der Waals surface area contributed by atoms with Crippen molar-refractivity contribution in [1.82, 2.24) is 10.2 Å². The summed E-state index contributed by atoms with van der Waals surface area (Å²) in [5.41, 5.74) is 2.39. The van der Waals surface area contributed by atoms with Gasteiger partial charge in [0.25, 0.3) is 11.8 Å². The Morgan fingerprint density at radius 2 is 1.57 bits per heavy atom. The van der Waals surface area contributed by atoms with Crippen LogP contribution in [0.2, 0.25) is 5.02 Å². The smallest absolute Gasteiger partial charge is 0.254 e. The Hall–Kier alpha value is -2.33. The number of amides is 2. The van der Waals surface area contributed by atoms with Crippen LogP contribution in [-0.4, -0.2) is 35.8 Å². The number of hydrogen-bond donors (Lipinski definition) is 1. The fourth-order valence-electron chi connectivity index (χ4n) is 4.88. The summed E-state index contributed by atoms with van der Waals surface area (Å²) in [6.07, 6.45) is 8.00. The first-order valence-corrected chi connectivity index (χ1v) is 11.4. The summed E-state index contributed by atoms with van der Waals surface area (Å²) >= 11 is 5.90. The molecule has 2 atom stereocenters. The van der Waals surface area contributed by atoms with Gasteiger partial charge in [-0.2, -0.15) is 0 Å². The highest BCUT2D eigenvalue weighted by atomic mass is 35.5. The lowest BCUT2D eigenvalue weighted by Gasteiger charge is -2.44. The molecule has 1 N–H and O–H groups in total. The van der Waals surface area contributed by atoms with Crippen LogP contribution in [0.4, 0.5) is 0 Å². The van der Waals surface area contributed by atoms with Gasteiger partial charge in [-0.3, -0.25) is 9.59 Å². The van der Waals surface area contributed by atoms with E-state index >= 15 is 0 Å². The number of nitrogens with one attached hydrogen (secondary N) is 1. The molecule has 0 bridgehead atoms. The largest absolute Gasteiger partial charge is 0.352 e. The van der Waals surface area contributed by atoms with Gasteiger partial charge in [0.1, 0.15) is 0 Å². The zero-order chi connectivity index (χ0) is 20.9. The van der Waals surface area contributed by atoms with Gasteiger partial charge in [0.15, 0.2) is 0 Å². The summed E-state index contributed by atoms with van der Waals surface area (Å²) in [5.74, 6) is 0.664. The van der Waals surface area contributed by atoms with Crippen molar-refractivity contribution in [2.24, 2.45) is 5.92 Å². The van der Waals surface area contributed by atoms with Crippen LogP contribution in [0.25, 0.3) is 0 Å². The number of halogens is 1. The molecule has 2 unspecified atom stereocenters. The molecule has 0 aromatic heterocycles. The molecule has 0 radical (unpaired) electrons. The van der Waals surface area contributed by atoms with E-state index in [9.17, 15) is 9.59 Å². The van der Waals surface area contributed by atoms with Gasteiger partial charge in [-0.25, -0.2) is 0 Å². The Labute approximate surface area is 183 Å². The van der Waals surface area contributed by atoms with E-state index in [1.54, 1.807) is 24.3 Å². The number of fused-ring (bicyclic) bond motifs is 1. The van der Waals surface area contributed by atoms with Crippen LogP contribution >= 0.6 is 11.6 Å². The summed E-state index contributed by atoms with van der Waals surface area (Å²) in [5, 5.41) is 3.65. The Balaban J connectivity index is 1.33. The second-order valence-electron chi connectivity index (χ2n) is 8.46. The maximum Gasteiger partial charge on any atom is 0.254 e. The summed E-state index contributed by atoms with van der Waals surface area (Å²) in [7, 11) is 0. The zero-order valence-corrected chi connectivity index (χ0v) is 18.0. The lowest BCUT2D eigenvalue weighted by atomic mass is 9.78. The fraction of sp³-hybridized carbons (Fsp3) is 0.440. The van der Waals surface area contributed by atoms with Crippen LogP contribution in [0.15, 0.2) is 48.5 Å². The van der Waals surface area contributed by atoms with E-state index in [0.717, 1.165) is 31.4 Å². The maximum atomic E-state index is 13.1. The summed E-state index contributed by atoms with van der Waals surface area (Å²) in [6.45, 7) is 1.41. The molecule has 0 spiro atoms. The van der Waals surface area contributed by atoms with Crippen molar-refractivity contribution < 1.29 is 9.59 Å². The fourth-order valence-corrected chi connectivity index (χ4v) is 5.01. The number of likely N-dealkylation sites (tertiary alicyclic amines) is 1. The standard InChI is InChI=1S/C25H29ClN2O2/c26-22-13-7-18(8-14-22)15-16-27-24(29)20-9-11-21(12-10-20)25(30)28-17-3-5-19-4-1-2-6-23(19)28/h7-14,19,23H,1-6,15-17H2,(H,27,29). The van der Waals surface area contributed by atoms with Crippen LogP contribution in [0.1, 0.15) is 64.8 Å². The summed E-state index contributed by atoms with van der Waals surface area (Å²) in [6, 6.07) is 15.1. The summed E-state index contributed by atoms with van der Waals surface area (Å²) in [4.78, 5) is 27.6. The third-order valence-corrected chi connectivity index (χ3v) is 6.76. The van der Waals surface area contributed by atoms with Gasteiger partial charge < -0.3 is 10.2 Å². The molecule has 1 aliphatic carbocycles. The topological polar surface area (TPSA) is 49.4 Å². The number of carbonyl (C=O) groups is 2. The number of piperidine rings is 1. The van der Waals surface area contributed by atoms with Crippen molar-refractivity contribution >= 4 is 23.4 Å². The molecular formula is C25H29ClN2O2. The van der Waals surface area contributed by atoms with E-state index in [1.807, 2.05) is 24.3 Å². The molecule has 4 nitrogen and oxygen atoms in total. The molecule has 2 fully saturated rings. The van der Waals surface area contributed by atoms with Gasteiger partial charge in [-0.1, -0.05) is 36.6 Å². The van der Waals surface area contributed by atoms with Crippen molar-refractivity contribution in [3.05, 3.63) is 70.2 Å². The molecule has 1 aliphatic heterocycles. The van der Waals surface area contributed by atoms with Crippen molar-refractivity contribution in [2.45, 2.75) is 51.0 Å².